The predicted octanol–water partition coefficient (Wildman–Crippen LogP) is 1.84. The number of aromatic amines is 1. The van der Waals surface area contributed by atoms with Crippen LogP contribution < -0.4 is 4.74 Å². The zero-order chi connectivity index (χ0) is 16.9. The summed E-state index contributed by atoms with van der Waals surface area (Å²) in [7, 11) is 1.62. The zero-order valence-electron chi connectivity index (χ0n) is 12.9. The summed E-state index contributed by atoms with van der Waals surface area (Å²) >= 11 is 0. The number of carbonyl (C=O) groups is 1. The van der Waals surface area contributed by atoms with Crippen LogP contribution in [0.1, 0.15) is 21.9 Å². The molecule has 24 heavy (non-hydrogen) atoms. The summed E-state index contributed by atoms with van der Waals surface area (Å²) in [6.07, 6.45) is 4.00. The fraction of sp³-hybridized carbons (Fsp3) is 0.125. The van der Waals surface area contributed by atoms with Crippen molar-refractivity contribution in [3.05, 3.63) is 66.0 Å². The van der Waals surface area contributed by atoms with Crippen molar-refractivity contribution in [3.63, 3.8) is 0 Å². The van der Waals surface area contributed by atoms with Gasteiger partial charge in [-0.15, -0.1) is 0 Å². The second-order valence-corrected chi connectivity index (χ2v) is 4.97. The van der Waals surface area contributed by atoms with Gasteiger partial charge in [-0.05, 0) is 23.8 Å². The molecule has 0 saturated carbocycles. The molecule has 0 aliphatic heterocycles. The number of hydrogen-bond donors (Lipinski definition) is 2. The van der Waals surface area contributed by atoms with Gasteiger partial charge in [0.05, 0.1) is 13.7 Å². The Morgan fingerprint density at radius 3 is 2.79 bits per heavy atom. The molecule has 2 N–H and O–H groups in total. The van der Waals surface area contributed by atoms with Crippen LogP contribution in [0.4, 0.5) is 0 Å². The van der Waals surface area contributed by atoms with Crippen LogP contribution in [0.25, 0.3) is 5.76 Å². The minimum absolute atomic E-state index is 0.0548. The maximum atomic E-state index is 11.8. The number of carbonyl (C=O) groups excluding carboxylic acids is 1. The van der Waals surface area contributed by atoms with Gasteiger partial charge in [0, 0.05) is 12.3 Å². The molecule has 8 nitrogen and oxygen atoms in total. The molecule has 0 amide bonds. The van der Waals surface area contributed by atoms with E-state index in [1.807, 2.05) is 24.3 Å². The van der Waals surface area contributed by atoms with Gasteiger partial charge < -0.3 is 9.84 Å². The van der Waals surface area contributed by atoms with Gasteiger partial charge in [0.1, 0.15) is 23.5 Å². The van der Waals surface area contributed by atoms with E-state index in [1.165, 1.54) is 6.33 Å². The lowest BCUT2D eigenvalue weighted by atomic mass is 10.2. The van der Waals surface area contributed by atoms with Gasteiger partial charge in [0.15, 0.2) is 5.82 Å². The van der Waals surface area contributed by atoms with Gasteiger partial charge in [0.2, 0.25) is 5.78 Å². The normalized spacial score (nSPS) is 11.5. The molecule has 122 valence electrons. The van der Waals surface area contributed by atoms with Crippen molar-refractivity contribution in [2.24, 2.45) is 0 Å². The van der Waals surface area contributed by atoms with E-state index >= 15 is 0 Å². The Labute approximate surface area is 137 Å². The van der Waals surface area contributed by atoms with Crippen molar-refractivity contribution >= 4 is 11.5 Å². The fourth-order valence-electron chi connectivity index (χ4n) is 2.10. The molecule has 3 aromatic rings. The van der Waals surface area contributed by atoms with Crippen LogP contribution in [-0.2, 0) is 6.54 Å². The number of ketones is 1. The number of methoxy groups -OCH3 is 1. The number of allylic oxidation sites excluding steroid dienone is 1. The quantitative estimate of drug-likeness (QED) is 0.407. The topological polar surface area (TPSA) is 106 Å². The average molecular weight is 325 g/mol. The monoisotopic (exact) mass is 325 g/mol. The summed E-state index contributed by atoms with van der Waals surface area (Å²) in [5.74, 6) is 0.130. The number of aromatic nitrogens is 5. The number of H-pyrrole nitrogens is 1. The van der Waals surface area contributed by atoms with Crippen molar-refractivity contribution in [2.45, 2.75) is 6.54 Å². The highest BCUT2D eigenvalue weighted by Gasteiger charge is 2.10. The molecule has 0 unspecified atom stereocenters. The van der Waals surface area contributed by atoms with Crippen LogP contribution in [0.3, 0.4) is 0 Å². The zero-order valence-corrected chi connectivity index (χ0v) is 12.9. The Morgan fingerprint density at radius 1 is 1.33 bits per heavy atom. The molecule has 0 aliphatic rings. The molecule has 8 heteroatoms. The SMILES string of the molecule is COc1ccc(Cn2ccc(C(O)=CC(=O)c3ncn[nH]3)n2)cc1. The van der Waals surface area contributed by atoms with E-state index in [4.69, 9.17) is 4.74 Å². The van der Waals surface area contributed by atoms with E-state index in [2.05, 4.69) is 20.3 Å². The number of hydrogen-bond acceptors (Lipinski definition) is 6. The minimum atomic E-state index is -0.477. The van der Waals surface area contributed by atoms with E-state index in [0.29, 0.717) is 12.2 Å². The van der Waals surface area contributed by atoms with Gasteiger partial charge in [-0.25, -0.2) is 4.98 Å². The third-order valence-corrected chi connectivity index (χ3v) is 3.32. The van der Waals surface area contributed by atoms with Gasteiger partial charge in [0.25, 0.3) is 0 Å². The largest absolute Gasteiger partial charge is 0.505 e. The first-order chi connectivity index (χ1) is 11.7. The molecule has 0 aliphatic carbocycles. The first kappa shape index (κ1) is 15.5. The first-order valence-corrected chi connectivity index (χ1v) is 7.13. The van der Waals surface area contributed by atoms with Crippen LogP contribution in [0.5, 0.6) is 5.75 Å². The molecule has 0 atom stereocenters. The summed E-state index contributed by atoms with van der Waals surface area (Å²) in [6, 6.07) is 9.23. The lowest BCUT2D eigenvalue weighted by molar-refractivity contribution is 0.103. The molecule has 0 radical (unpaired) electrons. The second kappa shape index (κ2) is 6.78. The maximum absolute atomic E-state index is 11.8. The molecular formula is C16H15N5O3. The molecule has 3 rings (SSSR count). The molecule has 0 bridgehead atoms. The molecule has 2 aromatic heterocycles. The first-order valence-electron chi connectivity index (χ1n) is 7.13. The summed E-state index contributed by atoms with van der Waals surface area (Å²) in [6.45, 7) is 0.535. The molecule has 0 saturated heterocycles. The highest BCUT2D eigenvalue weighted by molar-refractivity contribution is 6.05. The van der Waals surface area contributed by atoms with E-state index < -0.39 is 5.78 Å². The molecule has 2 heterocycles. The molecule has 0 fully saturated rings. The lowest BCUT2D eigenvalue weighted by Crippen LogP contribution is -2.02. The maximum Gasteiger partial charge on any atom is 0.226 e. The van der Waals surface area contributed by atoms with Gasteiger partial charge in [-0.1, -0.05) is 12.1 Å². The number of rotatable bonds is 6. The number of aliphatic hydroxyl groups is 1. The molecule has 0 spiro atoms. The summed E-state index contributed by atoms with van der Waals surface area (Å²) in [5, 5.41) is 20.3. The van der Waals surface area contributed by atoms with Crippen LogP contribution in [0.15, 0.2) is 48.9 Å². The van der Waals surface area contributed by atoms with E-state index in [-0.39, 0.29) is 11.6 Å². The predicted molar refractivity (Wildman–Crippen MR) is 85.6 cm³/mol. The fourth-order valence-corrected chi connectivity index (χ4v) is 2.10. The third-order valence-electron chi connectivity index (χ3n) is 3.32. The van der Waals surface area contributed by atoms with Crippen LogP contribution in [0, 0.1) is 0 Å². The van der Waals surface area contributed by atoms with Crippen LogP contribution in [-0.4, -0.2) is 43.0 Å². The Balaban J connectivity index is 1.71. The van der Waals surface area contributed by atoms with Crippen molar-refractivity contribution in [2.75, 3.05) is 7.11 Å². The Kier molecular flexibility index (Phi) is 4.37. The number of aliphatic hydroxyl groups excluding tert-OH is 1. The Bertz CT molecular complexity index is 850. The molecule has 1 aromatic carbocycles. The summed E-state index contributed by atoms with van der Waals surface area (Å²) in [4.78, 5) is 15.6. The second-order valence-electron chi connectivity index (χ2n) is 4.97. The van der Waals surface area contributed by atoms with Crippen molar-refractivity contribution in [1.29, 1.82) is 0 Å². The van der Waals surface area contributed by atoms with Crippen LogP contribution >= 0.6 is 0 Å². The highest BCUT2D eigenvalue weighted by atomic mass is 16.5. The number of nitrogens with one attached hydrogen (secondary N) is 1. The van der Waals surface area contributed by atoms with E-state index in [1.54, 1.807) is 24.1 Å². The smallest absolute Gasteiger partial charge is 0.226 e. The van der Waals surface area contributed by atoms with Gasteiger partial charge in [-0.3, -0.25) is 14.6 Å². The van der Waals surface area contributed by atoms with Crippen LogP contribution in [0.2, 0.25) is 0 Å². The standard InChI is InChI=1S/C16H15N5O3/c1-24-12-4-2-11(3-5-12)9-21-7-6-13(20-21)14(22)8-15(23)16-17-10-18-19-16/h2-8,10,22H,9H2,1H3,(H,17,18,19). The lowest BCUT2D eigenvalue weighted by Gasteiger charge is -2.04. The molecular weight excluding hydrogens is 310 g/mol. The Hall–Kier alpha value is -3.42. The minimum Gasteiger partial charge on any atom is -0.505 e. The third kappa shape index (κ3) is 3.49. The van der Waals surface area contributed by atoms with Crippen molar-refractivity contribution in [1.82, 2.24) is 25.0 Å². The van der Waals surface area contributed by atoms with Gasteiger partial charge in [-0.2, -0.15) is 10.2 Å². The van der Waals surface area contributed by atoms with E-state index in [9.17, 15) is 9.90 Å². The average Bonchev–Trinajstić information content (AvgIpc) is 3.27. The number of ether oxygens (including phenoxy) is 1. The summed E-state index contributed by atoms with van der Waals surface area (Å²) < 4.78 is 6.78. The van der Waals surface area contributed by atoms with Crippen molar-refractivity contribution < 1.29 is 14.6 Å². The number of nitrogens with zero attached hydrogens (tertiary/aromatic N) is 4. The Morgan fingerprint density at radius 2 is 2.12 bits per heavy atom. The van der Waals surface area contributed by atoms with E-state index in [0.717, 1.165) is 17.4 Å². The number of benzene rings is 1. The van der Waals surface area contributed by atoms with Crippen molar-refractivity contribution in [3.8, 4) is 5.75 Å². The summed E-state index contributed by atoms with van der Waals surface area (Å²) in [5.41, 5.74) is 1.34. The highest BCUT2D eigenvalue weighted by Crippen LogP contribution is 2.14. The van der Waals surface area contributed by atoms with Gasteiger partial charge >= 0.3 is 0 Å².